The molecule has 1 atom stereocenters. The molecule has 2 N–H and O–H groups in total. The third kappa shape index (κ3) is 2.95. The second-order valence-corrected chi connectivity index (χ2v) is 7.21. The van der Waals surface area contributed by atoms with Crippen LogP contribution in [0.5, 0.6) is 0 Å². The van der Waals surface area contributed by atoms with Crippen LogP contribution in [0.25, 0.3) is 21.0 Å². The smallest absolute Gasteiger partial charge is 0.223 e. The number of thiazole rings is 1. The molecule has 0 bridgehead atoms. The van der Waals surface area contributed by atoms with Gasteiger partial charge < -0.3 is 15.1 Å². The van der Waals surface area contributed by atoms with Crippen LogP contribution in [0.2, 0.25) is 0 Å². The molecule has 4 rings (SSSR count). The molecule has 0 aliphatic carbocycles. The summed E-state index contributed by atoms with van der Waals surface area (Å²) >= 11 is 1.61. The van der Waals surface area contributed by atoms with Gasteiger partial charge in [-0.15, -0.1) is 11.3 Å². The van der Waals surface area contributed by atoms with Crippen molar-refractivity contribution in [2.75, 3.05) is 13.1 Å². The van der Waals surface area contributed by atoms with Crippen LogP contribution >= 0.6 is 11.3 Å². The summed E-state index contributed by atoms with van der Waals surface area (Å²) in [7, 11) is 0. The van der Waals surface area contributed by atoms with Crippen LogP contribution in [0.4, 0.5) is 0 Å². The highest BCUT2D eigenvalue weighted by Crippen LogP contribution is 2.31. The van der Waals surface area contributed by atoms with Gasteiger partial charge in [0.2, 0.25) is 5.91 Å². The average Bonchev–Trinajstić information content (AvgIpc) is 3.17. The molecule has 5 nitrogen and oxygen atoms in total. The molecule has 3 aromatic rings. The van der Waals surface area contributed by atoms with Gasteiger partial charge in [-0.05, 0) is 43.3 Å². The second-order valence-electron chi connectivity index (χ2n) is 6.18. The molecule has 3 heterocycles. The number of amides is 1. The predicted molar refractivity (Wildman–Crippen MR) is 94.7 cm³/mol. The Morgan fingerprint density at radius 3 is 2.96 bits per heavy atom. The minimum absolute atomic E-state index is 0.0324. The van der Waals surface area contributed by atoms with Crippen LogP contribution in [-0.4, -0.2) is 24.0 Å². The van der Waals surface area contributed by atoms with Crippen molar-refractivity contribution in [3.05, 3.63) is 42.2 Å². The molecule has 0 spiro atoms. The number of nitrogens with zero attached hydrogens (tertiary/aromatic N) is 1. The SMILES string of the molecule is CC(C(=O)NCc1ccc(-c2nc3ccccc3s2)o1)C1CNC1. The van der Waals surface area contributed by atoms with E-state index in [0.717, 1.165) is 39.8 Å². The van der Waals surface area contributed by atoms with Crippen molar-refractivity contribution >= 4 is 27.5 Å². The van der Waals surface area contributed by atoms with Crippen LogP contribution < -0.4 is 10.6 Å². The van der Waals surface area contributed by atoms with Crippen molar-refractivity contribution in [1.82, 2.24) is 15.6 Å². The molecule has 24 heavy (non-hydrogen) atoms. The quantitative estimate of drug-likeness (QED) is 0.748. The van der Waals surface area contributed by atoms with Crippen LogP contribution in [-0.2, 0) is 11.3 Å². The molecule has 1 amide bonds. The van der Waals surface area contributed by atoms with Gasteiger partial charge in [-0.1, -0.05) is 19.1 Å². The van der Waals surface area contributed by atoms with Gasteiger partial charge in [-0.3, -0.25) is 4.79 Å². The molecule has 124 valence electrons. The Kier molecular flexibility index (Phi) is 4.08. The molecule has 1 unspecified atom stereocenters. The Labute approximate surface area is 144 Å². The third-order valence-corrected chi connectivity index (χ3v) is 5.59. The van der Waals surface area contributed by atoms with Gasteiger partial charge in [0.15, 0.2) is 10.8 Å². The molecule has 1 aliphatic heterocycles. The van der Waals surface area contributed by atoms with Crippen molar-refractivity contribution in [2.45, 2.75) is 13.5 Å². The lowest BCUT2D eigenvalue weighted by Crippen LogP contribution is -2.49. The van der Waals surface area contributed by atoms with Gasteiger partial charge in [0.05, 0.1) is 16.8 Å². The molecule has 1 aromatic carbocycles. The van der Waals surface area contributed by atoms with Crippen LogP contribution in [0.15, 0.2) is 40.8 Å². The predicted octanol–water partition coefficient (Wildman–Crippen LogP) is 3.03. The van der Waals surface area contributed by atoms with E-state index in [-0.39, 0.29) is 11.8 Å². The van der Waals surface area contributed by atoms with Gasteiger partial charge in [-0.25, -0.2) is 4.98 Å². The van der Waals surface area contributed by atoms with Gasteiger partial charge in [0.1, 0.15) is 5.76 Å². The van der Waals surface area contributed by atoms with Crippen LogP contribution in [0.3, 0.4) is 0 Å². The Bertz CT molecular complexity index is 833. The van der Waals surface area contributed by atoms with Gasteiger partial charge in [0, 0.05) is 5.92 Å². The van der Waals surface area contributed by atoms with E-state index in [4.69, 9.17) is 4.42 Å². The van der Waals surface area contributed by atoms with Crippen molar-refractivity contribution in [3.63, 3.8) is 0 Å². The maximum atomic E-state index is 12.2. The van der Waals surface area contributed by atoms with Crippen LogP contribution in [0, 0.1) is 11.8 Å². The Morgan fingerprint density at radius 1 is 1.38 bits per heavy atom. The topological polar surface area (TPSA) is 67.2 Å². The van der Waals surface area contributed by atoms with E-state index >= 15 is 0 Å². The average molecular weight is 341 g/mol. The molecule has 6 heteroatoms. The summed E-state index contributed by atoms with van der Waals surface area (Å²) < 4.78 is 6.99. The first-order valence-electron chi connectivity index (χ1n) is 8.14. The highest BCUT2D eigenvalue weighted by molar-refractivity contribution is 7.21. The minimum atomic E-state index is 0.0324. The number of fused-ring (bicyclic) bond motifs is 1. The number of hydrogen-bond acceptors (Lipinski definition) is 5. The molecule has 1 saturated heterocycles. The fraction of sp³-hybridized carbons (Fsp3) is 0.333. The highest BCUT2D eigenvalue weighted by atomic mass is 32.1. The van der Waals surface area contributed by atoms with Gasteiger partial charge in [-0.2, -0.15) is 0 Å². The molecule has 1 fully saturated rings. The van der Waals surface area contributed by atoms with E-state index in [1.165, 1.54) is 0 Å². The van der Waals surface area contributed by atoms with E-state index < -0.39 is 0 Å². The number of furan rings is 1. The number of nitrogens with one attached hydrogen (secondary N) is 2. The highest BCUT2D eigenvalue weighted by Gasteiger charge is 2.28. The van der Waals surface area contributed by atoms with Crippen molar-refractivity contribution in [2.24, 2.45) is 11.8 Å². The lowest BCUT2D eigenvalue weighted by Gasteiger charge is -2.31. The molecule has 2 aromatic heterocycles. The van der Waals surface area contributed by atoms with E-state index in [1.54, 1.807) is 11.3 Å². The maximum Gasteiger partial charge on any atom is 0.223 e. The minimum Gasteiger partial charge on any atom is -0.457 e. The Hall–Kier alpha value is -2.18. The first-order chi connectivity index (χ1) is 11.7. The van der Waals surface area contributed by atoms with Crippen LogP contribution in [0.1, 0.15) is 12.7 Å². The lowest BCUT2D eigenvalue weighted by atomic mass is 9.88. The van der Waals surface area contributed by atoms with E-state index in [1.807, 2.05) is 37.3 Å². The first kappa shape index (κ1) is 15.4. The Balaban J connectivity index is 1.42. The number of benzene rings is 1. The maximum absolute atomic E-state index is 12.2. The fourth-order valence-corrected chi connectivity index (χ4v) is 3.71. The van der Waals surface area contributed by atoms with E-state index in [2.05, 4.69) is 21.7 Å². The number of carbonyl (C=O) groups excluding carboxylic acids is 1. The van der Waals surface area contributed by atoms with E-state index in [0.29, 0.717) is 12.5 Å². The molecule has 1 aliphatic rings. The van der Waals surface area contributed by atoms with Crippen molar-refractivity contribution in [3.8, 4) is 10.8 Å². The molecule has 0 saturated carbocycles. The molecular weight excluding hydrogens is 322 g/mol. The monoisotopic (exact) mass is 341 g/mol. The summed E-state index contributed by atoms with van der Waals surface area (Å²) in [5, 5.41) is 7.02. The van der Waals surface area contributed by atoms with E-state index in [9.17, 15) is 4.79 Å². The van der Waals surface area contributed by atoms with Crippen molar-refractivity contribution < 1.29 is 9.21 Å². The number of rotatable bonds is 5. The number of hydrogen-bond donors (Lipinski definition) is 2. The molecule has 0 radical (unpaired) electrons. The summed E-state index contributed by atoms with van der Waals surface area (Å²) in [5.41, 5.74) is 0.978. The molecular formula is C18H19N3O2S. The summed E-state index contributed by atoms with van der Waals surface area (Å²) in [6.45, 7) is 4.25. The second kappa shape index (κ2) is 6.37. The summed E-state index contributed by atoms with van der Waals surface area (Å²) in [6.07, 6.45) is 0. The largest absolute Gasteiger partial charge is 0.457 e. The van der Waals surface area contributed by atoms with Gasteiger partial charge >= 0.3 is 0 Å². The number of aromatic nitrogens is 1. The normalized spacial score (nSPS) is 16.0. The zero-order valence-electron chi connectivity index (χ0n) is 13.4. The zero-order chi connectivity index (χ0) is 16.5. The number of carbonyl (C=O) groups is 1. The first-order valence-corrected chi connectivity index (χ1v) is 8.95. The standard InChI is InChI=1S/C18H19N3O2S/c1-11(12-8-19-9-12)17(22)20-10-13-6-7-15(23-13)18-21-14-4-2-3-5-16(14)24-18/h2-7,11-12,19H,8-10H2,1H3,(H,20,22). The summed E-state index contributed by atoms with van der Waals surface area (Å²) in [6, 6.07) is 11.9. The number of para-hydroxylation sites is 1. The third-order valence-electron chi connectivity index (χ3n) is 4.54. The lowest BCUT2D eigenvalue weighted by molar-refractivity contribution is -0.126. The summed E-state index contributed by atoms with van der Waals surface area (Å²) in [5.74, 6) is 2.05. The fourth-order valence-electron chi connectivity index (χ4n) is 2.78. The summed E-state index contributed by atoms with van der Waals surface area (Å²) in [4.78, 5) is 16.7. The van der Waals surface area contributed by atoms with Gasteiger partial charge in [0.25, 0.3) is 0 Å². The van der Waals surface area contributed by atoms with Crippen molar-refractivity contribution in [1.29, 1.82) is 0 Å². The zero-order valence-corrected chi connectivity index (χ0v) is 14.2. The Morgan fingerprint density at radius 2 is 2.21 bits per heavy atom.